The largest absolute Gasteiger partial charge is 0.324 e. The number of aryl methyl sites for hydroxylation is 1. The van der Waals surface area contributed by atoms with Gasteiger partial charge < -0.3 is 5.32 Å². The molecule has 1 aromatic carbocycles. The number of nitro benzene ring substituents is 1. The number of hydrogen-bond donors (Lipinski definition) is 3. The van der Waals surface area contributed by atoms with Gasteiger partial charge in [-0.05, 0) is 12.5 Å². The second kappa shape index (κ2) is 4.58. The van der Waals surface area contributed by atoms with Crippen LogP contribution in [0.3, 0.4) is 0 Å². The van der Waals surface area contributed by atoms with Gasteiger partial charge in [0.2, 0.25) is 5.91 Å². The van der Waals surface area contributed by atoms with E-state index in [0.29, 0.717) is 11.3 Å². The summed E-state index contributed by atoms with van der Waals surface area (Å²) in [7, 11) is 0. The average molecular weight is 225 g/mol. The molecule has 0 aliphatic rings. The maximum Gasteiger partial charge on any atom is 0.271 e. The second-order valence-corrected chi connectivity index (χ2v) is 3.24. The summed E-state index contributed by atoms with van der Waals surface area (Å²) in [5.41, 5.74) is 2.55. The molecule has 0 saturated carbocycles. The fraction of sp³-hybridized carbons (Fsp3) is 0.222. The molecule has 0 saturated heterocycles. The summed E-state index contributed by atoms with van der Waals surface area (Å²) >= 11 is 0. The van der Waals surface area contributed by atoms with Crippen molar-refractivity contribution in [1.29, 1.82) is 0 Å². The van der Waals surface area contributed by atoms with E-state index in [0.717, 1.165) is 6.07 Å². The summed E-state index contributed by atoms with van der Waals surface area (Å²) < 4.78 is 0. The molecule has 86 valence electrons. The van der Waals surface area contributed by atoms with Crippen LogP contribution in [-0.2, 0) is 4.79 Å². The van der Waals surface area contributed by atoms with Crippen LogP contribution in [0.25, 0.3) is 0 Å². The normalized spacial score (nSPS) is 9.69. The molecular weight excluding hydrogens is 214 g/mol. The van der Waals surface area contributed by atoms with Gasteiger partial charge in [0, 0.05) is 19.1 Å². The minimum absolute atomic E-state index is 0.0851. The molecule has 1 aromatic rings. The molecule has 0 aliphatic carbocycles. The monoisotopic (exact) mass is 225 g/mol. The van der Waals surface area contributed by atoms with Crippen LogP contribution in [0.4, 0.5) is 17.1 Å². The number of carbonyl (C=O) groups excluding carboxylic acids is 1. The predicted molar refractivity (Wildman–Crippen MR) is 57.5 cm³/mol. The number of non-ortho nitro benzene ring substituents is 1. The lowest BCUT2D eigenvalue weighted by molar-refractivity contribution is -0.384. The minimum Gasteiger partial charge on any atom is -0.324 e. The SMILES string of the molecule is CC(=O)Nc1c(C)cc([N+](=O)[O-])cc1NO. The maximum absolute atomic E-state index is 10.9. The molecular formula is C9H11N3O4. The highest BCUT2D eigenvalue weighted by Gasteiger charge is 2.14. The Bertz CT molecular complexity index is 445. The molecule has 0 atom stereocenters. The fourth-order valence-electron chi connectivity index (χ4n) is 1.30. The van der Waals surface area contributed by atoms with Crippen molar-refractivity contribution in [3.63, 3.8) is 0 Å². The first-order valence-corrected chi connectivity index (χ1v) is 4.42. The third-order valence-corrected chi connectivity index (χ3v) is 1.95. The van der Waals surface area contributed by atoms with Crippen molar-refractivity contribution in [3.8, 4) is 0 Å². The second-order valence-electron chi connectivity index (χ2n) is 3.24. The van der Waals surface area contributed by atoms with E-state index < -0.39 is 4.92 Å². The molecule has 7 heteroatoms. The Kier molecular flexibility index (Phi) is 3.41. The van der Waals surface area contributed by atoms with Crippen LogP contribution in [0.5, 0.6) is 0 Å². The Morgan fingerprint density at radius 3 is 2.56 bits per heavy atom. The van der Waals surface area contributed by atoms with Gasteiger partial charge in [0.05, 0.1) is 16.3 Å². The lowest BCUT2D eigenvalue weighted by atomic mass is 10.1. The van der Waals surface area contributed by atoms with Crippen molar-refractivity contribution in [2.75, 3.05) is 10.8 Å². The molecule has 7 nitrogen and oxygen atoms in total. The number of hydrogen-bond acceptors (Lipinski definition) is 5. The van der Waals surface area contributed by atoms with Crippen LogP contribution < -0.4 is 10.8 Å². The van der Waals surface area contributed by atoms with E-state index >= 15 is 0 Å². The average Bonchev–Trinajstić information content (AvgIpc) is 2.19. The zero-order valence-corrected chi connectivity index (χ0v) is 8.77. The molecule has 1 amide bonds. The van der Waals surface area contributed by atoms with Crippen molar-refractivity contribution in [1.82, 2.24) is 0 Å². The topological polar surface area (TPSA) is 104 Å². The fourth-order valence-corrected chi connectivity index (χ4v) is 1.30. The molecule has 0 aliphatic heterocycles. The number of nitro groups is 1. The van der Waals surface area contributed by atoms with Gasteiger partial charge in [0.25, 0.3) is 5.69 Å². The van der Waals surface area contributed by atoms with Crippen molar-refractivity contribution in [2.24, 2.45) is 0 Å². The number of nitrogens with zero attached hydrogens (tertiary/aromatic N) is 1. The van der Waals surface area contributed by atoms with E-state index in [2.05, 4.69) is 5.32 Å². The molecule has 3 N–H and O–H groups in total. The van der Waals surface area contributed by atoms with E-state index in [4.69, 9.17) is 5.21 Å². The van der Waals surface area contributed by atoms with Crippen molar-refractivity contribution >= 4 is 23.0 Å². The van der Waals surface area contributed by atoms with Gasteiger partial charge in [-0.2, -0.15) is 0 Å². The van der Waals surface area contributed by atoms with Crippen LogP contribution in [0.2, 0.25) is 0 Å². The Hall–Kier alpha value is -2.15. The zero-order chi connectivity index (χ0) is 12.3. The Labute approximate surface area is 91.2 Å². The summed E-state index contributed by atoms with van der Waals surface area (Å²) in [6, 6.07) is 2.45. The number of anilines is 2. The third-order valence-electron chi connectivity index (χ3n) is 1.95. The summed E-state index contributed by atoms with van der Waals surface area (Å²) in [5.74, 6) is -0.326. The number of rotatable bonds is 3. The van der Waals surface area contributed by atoms with Gasteiger partial charge >= 0.3 is 0 Å². The van der Waals surface area contributed by atoms with Gasteiger partial charge in [-0.15, -0.1) is 0 Å². The number of amides is 1. The van der Waals surface area contributed by atoms with Crippen LogP contribution in [0.15, 0.2) is 12.1 Å². The minimum atomic E-state index is -0.578. The number of carbonyl (C=O) groups is 1. The summed E-state index contributed by atoms with van der Waals surface area (Å²) in [5, 5.41) is 21.9. The Morgan fingerprint density at radius 1 is 1.50 bits per heavy atom. The maximum atomic E-state index is 10.9. The van der Waals surface area contributed by atoms with Crippen molar-refractivity contribution in [2.45, 2.75) is 13.8 Å². The first-order chi connectivity index (χ1) is 7.45. The van der Waals surface area contributed by atoms with Crippen LogP contribution >= 0.6 is 0 Å². The van der Waals surface area contributed by atoms with Crippen LogP contribution in [0.1, 0.15) is 12.5 Å². The standard InChI is InChI=1S/C9H11N3O4/c1-5-3-7(12(15)16)4-8(11-14)9(5)10-6(2)13/h3-4,11,14H,1-2H3,(H,10,13). The number of benzene rings is 1. The van der Waals surface area contributed by atoms with Gasteiger partial charge in [-0.1, -0.05) is 0 Å². The predicted octanol–water partition coefficient (Wildman–Crippen LogP) is 1.66. The van der Waals surface area contributed by atoms with E-state index in [1.165, 1.54) is 13.0 Å². The molecule has 0 heterocycles. The highest BCUT2D eigenvalue weighted by Crippen LogP contribution is 2.30. The third kappa shape index (κ3) is 2.45. The summed E-state index contributed by atoms with van der Waals surface area (Å²) in [4.78, 5) is 20.9. The van der Waals surface area contributed by atoms with Crippen molar-refractivity contribution in [3.05, 3.63) is 27.8 Å². The molecule has 0 bridgehead atoms. The zero-order valence-electron chi connectivity index (χ0n) is 8.77. The lowest BCUT2D eigenvalue weighted by Gasteiger charge is -2.11. The van der Waals surface area contributed by atoms with Crippen LogP contribution in [-0.4, -0.2) is 16.0 Å². The first-order valence-electron chi connectivity index (χ1n) is 4.42. The van der Waals surface area contributed by atoms with E-state index in [9.17, 15) is 14.9 Å². The summed E-state index contributed by atoms with van der Waals surface area (Å²) in [6.07, 6.45) is 0. The van der Waals surface area contributed by atoms with Gasteiger partial charge in [0.1, 0.15) is 0 Å². The van der Waals surface area contributed by atoms with Gasteiger partial charge in [-0.25, -0.2) is 0 Å². The molecule has 1 rings (SSSR count). The molecule has 0 fully saturated rings. The number of nitrogens with one attached hydrogen (secondary N) is 2. The van der Waals surface area contributed by atoms with Crippen molar-refractivity contribution < 1.29 is 14.9 Å². The van der Waals surface area contributed by atoms with E-state index in [-0.39, 0.29) is 17.3 Å². The Balaban J connectivity index is 3.28. The van der Waals surface area contributed by atoms with E-state index in [1.54, 1.807) is 6.92 Å². The van der Waals surface area contributed by atoms with Gasteiger partial charge in [0.15, 0.2) is 0 Å². The molecule has 16 heavy (non-hydrogen) atoms. The highest BCUT2D eigenvalue weighted by atomic mass is 16.6. The van der Waals surface area contributed by atoms with E-state index in [1.807, 2.05) is 5.48 Å². The molecule has 0 radical (unpaired) electrons. The molecule has 0 aromatic heterocycles. The molecule has 0 unspecified atom stereocenters. The highest BCUT2D eigenvalue weighted by molar-refractivity contribution is 5.94. The first kappa shape index (κ1) is 11.9. The smallest absolute Gasteiger partial charge is 0.271 e. The van der Waals surface area contributed by atoms with Crippen LogP contribution in [0, 0.1) is 17.0 Å². The quantitative estimate of drug-likeness (QED) is 0.536. The lowest BCUT2D eigenvalue weighted by Crippen LogP contribution is -2.10. The van der Waals surface area contributed by atoms with Gasteiger partial charge in [-0.3, -0.25) is 25.6 Å². The summed E-state index contributed by atoms with van der Waals surface area (Å²) in [6.45, 7) is 2.90. The molecule has 0 spiro atoms. The Morgan fingerprint density at radius 2 is 2.12 bits per heavy atom.